The lowest BCUT2D eigenvalue weighted by molar-refractivity contribution is 0.481. The molecule has 5 heteroatoms. The van der Waals surface area contributed by atoms with Gasteiger partial charge in [0, 0.05) is 0 Å². The van der Waals surface area contributed by atoms with Gasteiger partial charge in [-0.15, -0.1) is 0 Å². The maximum absolute atomic E-state index is 13.3. The quantitative estimate of drug-likeness (QED) is 0.0916. The second-order valence-corrected chi connectivity index (χ2v) is 13.9. The van der Waals surface area contributed by atoms with Gasteiger partial charge in [0.25, 0.3) is 0 Å². The van der Waals surface area contributed by atoms with Crippen LogP contribution in [0.1, 0.15) is 102 Å². The van der Waals surface area contributed by atoms with Crippen molar-refractivity contribution in [3.8, 4) is 23.0 Å². The molecule has 0 spiro atoms. The lowest BCUT2D eigenvalue weighted by Gasteiger charge is -2.10. The molecular formula is C40H50O4S. The van der Waals surface area contributed by atoms with E-state index in [-0.39, 0.29) is 9.79 Å². The van der Waals surface area contributed by atoms with Crippen LogP contribution in [0.2, 0.25) is 0 Å². The normalized spacial score (nSPS) is 11.4. The van der Waals surface area contributed by atoms with Crippen molar-refractivity contribution < 1.29 is 17.9 Å². The van der Waals surface area contributed by atoms with Crippen molar-refractivity contribution in [2.45, 2.75) is 114 Å². The highest BCUT2D eigenvalue weighted by Crippen LogP contribution is 2.29. The van der Waals surface area contributed by atoms with Gasteiger partial charge in [-0.1, -0.05) is 102 Å². The molecule has 0 aliphatic carbocycles. The lowest BCUT2D eigenvalue weighted by atomic mass is 10.0. The Morgan fingerprint density at radius 1 is 0.444 bits per heavy atom. The second kappa shape index (κ2) is 18.4. The summed E-state index contributed by atoms with van der Waals surface area (Å²) < 4.78 is 38.8. The average molecular weight is 627 g/mol. The first kappa shape index (κ1) is 34.3. The zero-order chi connectivity index (χ0) is 31.7. The van der Waals surface area contributed by atoms with E-state index >= 15 is 0 Å². The van der Waals surface area contributed by atoms with Crippen LogP contribution < -0.4 is 9.47 Å². The Hall–Kier alpha value is -3.57. The molecule has 0 saturated carbocycles. The van der Waals surface area contributed by atoms with Crippen LogP contribution in [-0.2, 0) is 22.7 Å². The fourth-order valence-electron chi connectivity index (χ4n) is 5.53. The number of unbranched alkanes of at least 4 members (excludes halogenated alkanes) is 10. The van der Waals surface area contributed by atoms with Crippen molar-refractivity contribution in [3.05, 3.63) is 108 Å². The predicted molar refractivity (Wildman–Crippen MR) is 186 cm³/mol. The zero-order valence-electron chi connectivity index (χ0n) is 27.2. The summed E-state index contributed by atoms with van der Waals surface area (Å²) in [6.45, 7) is 4.48. The average Bonchev–Trinajstić information content (AvgIpc) is 3.05. The number of sulfone groups is 1. The minimum atomic E-state index is -3.68. The first-order chi connectivity index (χ1) is 22.0. The summed E-state index contributed by atoms with van der Waals surface area (Å²) in [6.07, 6.45) is 17.3. The minimum absolute atomic E-state index is 0.225. The van der Waals surface area contributed by atoms with Gasteiger partial charge in [0.2, 0.25) is 9.84 Å². The summed E-state index contributed by atoms with van der Waals surface area (Å²) in [4.78, 5) is 0.450. The first-order valence-electron chi connectivity index (χ1n) is 17.0. The van der Waals surface area contributed by atoms with E-state index in [2.05, 4.69) is 38.1 Å². The van der Waals surface area contributed by atoms with Gasteiger partial charge in [-0.2, -0.15) is 0 Å². The Morgan fingerprint density at radius 3 is 1.22 bits per heavy atom. The van der Waals surface area contributed by atoms with E-state index in [0.717, 1.165) is 24.3 Å². The van der Waals surface area contributed by atoms with Crippen LogP contribution in [0.5, 0.6) is 23.0 Å². The van der Waals surface area contributed by atoms with Crippen molar-refractivity contribution in [1.82, 2.24) is 0 Å². The second-order valence-electron chi connectivity index (χ2n) is 12.0. The van der Waals surface area contributed by atoms with Gasteiger partial charge in [-0.05, 0) is 110 Å². The molecule has 0 saturated heterocycles. The molecule has 0 aliphatic rings. The molecule has 0 heterocycles. The summed E-state index contributed by atoms with van der Waals surface area (Å²) in [6, 6.07) is 29.6. The minimum Gasteiger partial charge on any atom is -0.457 e. The van der Waals surface area contributed by atoms with Crippen molar-refractivity contribution in [2.75, 3.05) is 0 Å². The van der Waals surface area contributed by atoms with Crippen LogP contribution in [0.25, 0.3) is 0 Å². The van der Waals surface area contributed by atoms with Gasteiger partial charge in [0.15, 0.2) is 0 Å². The van der Waals surface area contributed by atoms with Crippen LogP contribution in [0, 0.1) is 0 Å². The highest BCUT2D eigenvalue weighted by molar-refractivity contribution is 7.91. The Bertz CT molecular complexity index is 1410. The van der Waals surface area contributed by atoms with Crippen molar-refractivity contribution >= 4 is 9.84 Å². The van der Waals surface area contributed by atoms with Crippen LogP contribution in [0.3, 0.4) is 0 Å². The maximum atomic E-state index is 13.3. The van der Waals surface area contributed by atoms with E-state index in [9.17, 15) is 8.42 Å². The van der Waals surface area contributed by atoms with E-state index in [1.165, 1.54) is 88.2 Å². The lowest BCUT2D eigenvalue weighted by Crippen LogP contribution is -2.02. The standard InChI is InChI=1S/C40H50O4S/c1-3-5-7-9-11-13-17-33-19-15-21-37(31-33)43-35-23-27-39(28-24-35)45(41,42)40-29-25-36(26-30-40)44-38-22-16-20-34(32-38)18-14-12-10-8-6-4-2/h15-16,19-32H,3-14,17-18H2,1-2H3. The molecule has 0 aliphatic heterocycles. The molecule has 45 heavy (non-hydrogen) atoms. The van der Waals surface area contributed by atoms with Crippen LogP contribution in [0.4, 0.5) is 0 Å². The number of aryl methyl sites for hydroxylation is 2. The summed E-state index contributed by atoms with van der Waals surface area (Å²) in [5.41, 5.74) is 2.52. The van der Waals surface area contributed by atoms with Gasteiger partial charge in [-0.3, -0.25) is 0 Å². The van der Waals surface area contributed by atoms with Gasteiger partial charge >= 0.3 is 0 Å². The largest absolute Gasteiger partial charge is 0.457 e. The highest BCUT2D eigenvalue weighted by Gasteiger charge is 2.18. The monoisotopic (exact) mass is 626 g/mol. The van der Waals surface area contributed by atoms with E-state index in [1.54, 1.807) is 48.5 Å². The summed E-state index contributed by atoms with van der Waals surface area (Å²) in [7, 11) is -3.68. The van der Waals surface area contributed by atoms with Crippen LogP contribution in [0.15, 0.2) is 107 Å². The molecular weight excluding hydrogens is 577 g/mol. The van der Waals surface area contributed by atoms with E-state index < -0.39 is 9.84 Å². The third kappa shape index (κ3) is 11.4. The zero-order valence-corrected chi connectivity index (χ0v) is 28.0. The number of rotatable bonds is 20. The Balaban J connectivity index is 1.29. The summed E-state index contributed by atoms with van der Waals surface area (Å²) >= 11 is 0. The fraction of sp³-hybridized carbons (Fsp3) is 0.400. The number of hydrogen-bond donors (Lipinski definition) is 0. The molecule has 4 nitrogen and oxygen atoms in total. The maximum Gasteiger partial charge on any atom is 0.206 e. The molecule has 0 N–H and O–H groups in total. The number of benzene rings is 4. The molecule has 0 aromatic heterocycles. The third-order valence-corrected chi connectivity index (χ3v) is 9.96. The molecule has 0 fully saturated rings. The molecule has 4 rings (SSSR count). The van der Waals surface area contributed by atoms with Gasteiger partial charge in [0.05, 0.1) is 9.79 Å². The van der Waals surface area contributed by atoms with Gasteiger partial charge < -0.3 is 9.47 Å². The molecule has 0 radical (unpaired) electrons. The molecule has 240 valence electrons. The number of hydrogen-bond acceptors (Lipinski definition) is 4. The summed E-state index contributed by atoms with van der Waals surface area (Å²) in [5.74, 6) is 2.73. The number of ether oxygens (including phenoxy) is 2. The fourth-order valence-corrected chi connectivity index (χ4v) is 6.79. The summed E-state index contributed by atoms with van der Waals surface area (Å²) in [5, 5.41) is 0. The van der Waals surface area contributed by atoms with Crippen LogP contribution in [-0.4, -0.2) is 8.42 Å². The molecule has 4 aromatic carbocycles. The van der Waals surface area contributed by atoms with Gasteiger partial charge in [-0.25, -0.2) is 8.42 Å². The topological polar surface area (TPSA) is 52.6 Å². The van der Waals surface area contributed by atoms with E-state index in [1.807, 2.05) is 24.3 Å². The van der Waals surface area contributed by atoms with Crippen molar-refractivity contribution in [2.24, 2.45) is 0 Å². The highest BCUT2D eigenvalue weighted by atomic mass is 32.2. The molecule has 0 amide bonds. The Kier molecular flexibility index (Phi) is 14.0. The van der Waals surface area contributed by atoms with E-state index in [0.29, 0.717) is 11.5 Å². The molecule has 0 unspecified atom stereocenters. The molecule has 0 atom stereocenters. The van der Waals surface area contributed by atoms with Crippen molar-refractivity contribution in [3.63, 3.8) is 0 Å². The first-order valence-corrected chi connectivity index (χ1v) is 18.4. The Labute approximate surface area is 271 Å². The SMILES string of the molecule is CCCCCCCCc1cccc(Oc2ccc(S(=O)(=O)c3ccc(Oc4cccc(CCCCCCCC)c4)cc3)cc2)c1. The Morgan fingerprint density at radius 2 is 0.822 bits per heavy atom. The molecule has 4 aromatic rings. The predicted octanol–water partition coefficient (Wildman–Crippen LogP) is 11.9. The van der Waals surface area contributed by atoms with E-state index in [4.69, 9.17) is 9.47 Å². The smallest absolute Gasteiger partial charge is 0.206 e. The molecule has 0 bridgehead atoms. The van der Waals surface area contributed by atoms with Crippen LogP contribution >= 0.6 is 0 Å². The van der Waals surface area contributed by atoms with Gasteiger partial charge in [0.1, 0.15) is 23.0 Å². The van der Waals surface area contributed by atoms with Crippen molar-refractivity contribution in [1.29, 1.82) is 0 Å². The third-order valence-electron chi connectivity index (χ3n) is 8.17.